The van der Waals surface area contributed by atoms with E-state index in [1.807, 2.05) is 0 Å². The molecule has 1 atom stereocenters. The van der Waals surface area contributed by atoms with Crippen molar-refractivity contribution in [2.24, 2.45) is 0 Å². The van der Waals surface area contributed by atoms with Crippen LogP contribution < -0.4 is 4.90 Å². The van der Waals surface area contributed by atoms with E-state index in [0.29, 0.717) is 0 Å². The summed E-state index contributed by atoms with van der Waals surface area (Å²) in [6.45, 7) is 7.15. The van der Waals surface area contributed by atoms with Crippen LogP contribution in [0.2, 0.25) is 0 Å². The molecule has 1 unspecified atom stereocenters. The van der Waals surface area contributed by atoms with Gasteiger partial charge in [0.25, 0.3) is 0 Å². The minimum Gasteiger partial charge on any atom is -0.369 e. The smallest absolute Gasteiger partial charge is 0.0726 e. The number of fused-ring (bicyclic) bond motifs is 1. The first-order chi connectivity index (χ1) is 10.8. The van der Waals surface area contributed by atoms with Crippen LogP contribution in [0, 0.1) is 0 Å². The van der Waals surface area contributed by atoms with Crippen molar-refractivity contribution in [1.82, 2.24) is 9.88 Å². The van der Waals surface area contributed by atoms with E-state index >= 15 is 0 Å². The van der Waals surface area contributed by atoms with E-state index in [4.69, 9.17) is 4.98 Å². The maximum Gasteiger partial charge on any atom is 0.0726 e. The van der Waals surface area contributed by atoms with Crippen LogP contribution in [-0.4, -0.2) is 42.1 Å². The average molecular weight is 295 g/mol. The van der Waals surface area contributed by atoms with Gasteiger partial charge in [-0.05, 0) is 50.9 Å². The Bertz CT molecular complexity index is 661. The molecular weight excluding hydrogens is 270 g/mol. The van der Waals surface area contributed by atoms with Gasteiger partial charge in [-0.15, -0.1) is 0 Å². The Morgan fingerprint density at radius 2 is 1.95 bits per heavy atom. The summed E-state index contributed by atoms with van der Waals surface area (Å²) >= 11 is 0. The van der Waals surface area contributed by atoms with Crippen LogP contribution in [0.4, 0.5) is 5.69 Å². The van der Waals surface area contributed by atoms with Crippen LogP contribution in [0.25, 0.3) is 10.9 Å². The number of hydrogen-bond donors (Lipinski definition) is 0. The van der Waals surface area contributed by atoms with Crippen molar-refractivity contribution < 1.29 is 0 Å². The summed E-state index contributed by atoms with van der Waals surface area (Å²) in [7, 11) is 0. The van der Waals surface area contributed by atoms with Crippen LogP contribution in [0.5, 0.6) is 0 Å². The summed E-state index contributed by atoms with van der Waals surface area (Å²) in [6, 6.07) is 11.7. The molecule has 116 valence electrons. The minimum atomic E-state index is 0.750. The minimum absolute atomic E-state index is 0.750. The Morgan fingerprint density at radius 1 is 1.14 bits per heavy atom. The third-order valence-electron chi connectivity index (χ3n) is 5.27. The lowest BCUT2D eigenvalue weighted by Crippen LogP contribution is -2.35. The summed E-state index contributed by atoms with van der Waals surface area (Å²) in [5, 5.41) is 1.31. The first kappa shape index (κ1) is 14.0. The first-order valence-corrected chi connectivity index (χ1v) is 8.73. The lowest BCUT2D eigenvalue weighted by atomic mass is 10.1. The fourth-order valence-electron chi connectivity index (χ4n) is 4.02. The zero-order valence-electron chi connectivity index (χ0n) is 13.5. The number of aryl methyl sites for hydroxylation is 1. The lowest BCUT2D eigenvalue weighted by Gasteiger charge is -2.25. The molecule has 3 nitrogen and oxygen atoms in total. The normalized spacial score (nSPS) is 22.8. The molecule has 0 spiro atoms. The van der Waals surface area contributed by atoms with E-state index in [1.54, 1.807) is 0 Å². The van der Waals surface area contributed by atoms with Crippen molar-refractivity contribution in [3.05, 3.63) is 36.0 Å². The van der Waals surface area contributed by atoms with Gasteiger partial charge in [-0.2, -0.15) is 0 Å². The molecule has 0 aliphatic carbocycles. The van der Waals surface area contributed by atoms with E-state index in [-0.39, 0.29) is 0 Å². The molecule has 2 saturated heterocycles. The Morgan fingerprint density at radius 3 is 2.77 bits per heavy atom. The molecule has 0 radical (unpaired) electrons. The lowest BCUT2D eigenvalue weighted by molar-refractivity contribution is 0.260. The Balaban J connectivity index is 1.65. The van der Waals surface area contributed by atoms with Crippen molar-refractivity contribution >= 4 is 16.6 Å². The summed E-state index contributed by atoms with van der Waals surface area (Å²) in [5.41, 5.74) is 3.74. The van der Waals surface area contributed by atoms with Gasteiger partial charge < -0.3 is 4.90 Å². The summed E-state index contributed by atoms with van der Waals surface area (Å²) in [4.78, 5) is 10.1. The van der Waals surface area contributed by atoms with Crippen LogP contribution in [0.15, 0.2) is 30.3 Å². The van der Waals surface area contributed by atoms with Gasteiger partial charge in [-0.25, -0.2) is 0 Å². The molecule has 2 aliphatic rings. The molecule has 4 rings (SSSR count). The number of anilines is 1. The molecule has 2 fully saturated rings. The predicted octanol–water partition coefficient (Wildman–Crippen LogP) is 3.47. The summed E-state index contributed by atoms with van der Waals surface area (Å²) < 4.78 is 0. The van der Waals surface area contributed by atoms with E-state index in [2.05, 4.69) is 47.1 Å². The highest BCUT2D eigenvalue weighted by Gasteiger charge is 2.30. The molecule has 2 aliphatic heterocycles. The number of hydrogen-bond acceptors (Lipinski definition) is 3. The number of pyridine rings is 1. The predicted molar refractivity (Wildman–Crippen MR) is 92.5 cm³/mol. The Labute approximate surface area is 132 Å². The van der Waals surface area contributed by atoms with Gasteiger partial charge in [0.2, 0.25) is 0 Å². The number of aromatic nitrogens is 1. The highest BCUT2D eigenvalue weighted by atomic mass is 15.3. The van der Waals surface area contributed by atoms with Gasteiger partial charge in [0, 0.05) is 35.9 Å². The van der Waals surface area contributed by atoms with E-state index in [9.17, 15) is 0 Å². The van der Waals surface area contributed by atoms with Crippen LogP contribution in [0.3, 0.4) is 0 Å². The number of nitrogens with zero attached hydrogens (tertiary/aromatic N) is 3. The molecule has 0 amide bonds. The third-order valence-corrected chi connectivity index (χ3v) is 5.27. The average Bonchev–Trinajstić information content (AvgIpc) is 3.24. The van der Waals surface area contributed by atoms with Crippen molar-refractivity contribution in [2.75, 3.05) is 31.1 Å². The standard InChI is InChI=1S/C19H25N3/c1-2-15-13-19(17-7-3-4-8-18(17)20-15)22-12-9-16(14-22)21-10-5-6-11-21/h3-4,7-8,13,16H,2,5-6,9-12,14H2,1H3. The van der Waals surface area contributed by atoms with E-state index in [0.717, 1.165) is 18.0 Å². The molecule has 3 heterocycles. The largest absolute Gasteiger partial charge is 0.369 e. The zero-order chi connectivity index (χ0) is 14.9. The third kappa shape index (κ3) is 2.48. The fraction of sp³-hybridized carbons (Fsp3) is 0.526. The van der Waals surface area contributed by atoms with Crippen molar-refractivity contribution in [2.45, 2.75) is 38.6 Å². The first-order valence-electron chi connectivity index (χ1n) is 8.73. The Hall–Kier alpha value is -1.61. The molecule has 22 heavy (non-hydrogen) atoms. The van der Waals surface area contributed by atoms with Gasteiger partial charge >= 0.3 is 0 Å². The van der Waals surface area contributed by atoms with Gasteiger partial charge in [-0.1, -0.05) is 25.1 Å². The SMILES string of the molecule is CCc1cc(N2CCC(N3CCCC3)C2)c2ccccc2n1. The maximum atomic E-state index is 4.79. The van der Waals surface area contributed by atoms with Gasteiger partial charge in [-0.3, -0.25) is 9.88 Å². The van der Waals surface area contributed by atoms with Gasteiger partial charge in [0.1, 0.15) is 0 Å². The second-order valence-corrected chi connectivity index (χ2v) is 6.64. The maximum absolute atomic E-state index is 4.79. The number of likely N-dealkylation sites (tertiary alicyclic amines) is 1. The zero-order valence-corrected chi connectivity index (χ0v) is 13.5. The second kappa shape index (κ2) is 5.88. The molecule has 0 bridgehead atoms. The molecule has 2 aromatic rings. The fourth-order valence-corrected chi connectivity index (χ4v) is 4.02. The highest BCUT2D eigenvalue weighted by molar-refractivity contribution is 5.92. The Kier molecular flexibility index (Phi) is 3.75. The molecule has 1 aromatic heterocycles. The summed E-state index contributed by atoms with van der Waals surface area (Å²) in [5.74, 6) is 0. The van der Waals surface area contributed by atoms with E-state index in [1.165, 1.54) is 62.2 Å². The van der Waals surface area contributed by atoms with Gasteiger partial charge in [0.05, 0.1) is 5.52 Å². The number of para-hydroxylation sites is 1. The summed E-state index contributed by atoms with van der Waals surface area (Å²) in [6.07, 6.45) is 5.07. The van der Waals surface area contributed by atoms with E-state index < -0.39 is 0 Å². The molecule has 1 aromatic carbocycles. The van der Waals surface area contributed by atoms with Crippen molar-refractivity contribution in [1.29, 1.82) is 0 Å². The van der Waals surface area contributed by atoms with Crippen LogP contribution in [0.1, 0.15) is 31.9 Å². The number of benzene rings is 1. The highest BCUT2D eigenvalue weighted by Crippen LogP contribution is 2.31. The molecular formula is C19H25N3. The second-order valence-electron chi connectivity index (χ2n) is 6.64. The quantitative estimate of drug-likeness (QED) is 0.864. The topological polar surface area (TPSA) is 19.4 Å². The number of rotatable bonds is 3. The molecule has 0 N–H and O–H groups in total. The van der Waals surface area contributed by atoms with Crippen molar-refractivity contribution in [3.8, 4) is 0 Å². The van der Waals surface area contributed by atoms with Crippen LogP contribution in [-0.2, 0) is 6.42 Å². The van der Waals surface area contributed by atoms with Crippen LogP contribution >= 0.6 is 0 Å². The molecule has 0 saturated carbocycles. The van der Waals surface area contributed by atoms with Gasteiger partial charge in [0.15, 0.2) is 0 Å². The van der Waals surface area contributed by atoms with Crippen molar-refractivity contribution in [3.63, 3.8) is 0 Å². The molecule has 3 heteroatoms. The monoisotopic (exact) mass is 295 g/mol.